The van der Waals surface area contributed by atoms with E-state index >= 15 is 0 Å². The van der Waals surface area contributed by atoms with Crippen molar-refractivity contribution in [1.82, 2.24) is 0 Å². The molecule has 0 heterocycles. The Balaban J connectivity index is 2.78. The summed E-state index contributed by atoms with van der Waals surface area (Å²) in [6, 6.07) is 7.78. The Bertz CT molecular complexity index is 497. The number of benzene rings is 1. The Kier molecular flexibility index (Phi) is 6.21. The van der Waals surface area contributed by atoms with E-state index in [1.807, 2.05) is 31.2 Å². The molecule has 21 heavy (non-hydrogen) atoms. The highest BCUT2D eigenvalue weighted by atomic mass is 16.4. The van der Waals surface area contributed by atoms with Crippen LogP contribution in [0, 0.1) is 5.41 Å². The van der Waals surface area contributed by atoms with Crippen molar-refractivity contribution in [2.75, 3.05) is 5.32 Å². The number of amidine groups is 1. The summed E-state index contributed by atoms with van der Waals surface area (Å²) < 4.78 is 0. The first kappa shape index (κ1) is 17.0. The third-order valence-corrected chi connectivity index (χ3v) is 3.91. The van der Waals surface area contributed by atoms with Crippen molar-refractivity contribution < 1.29 is 10.0 Å². The summed E-state index contributed by atoms with van der Waals surface area (Å²) in [4.78, 5) is 12.3. The molecule has 0 aromatic heterocycles. The van der Waals surface area contributed by atoms with Crippen molar-refractivity contribution >= 4 is 17.4 Å². The number of unbranched alkanes of at least 4 members (excludes halogenated alkanes) is 1. The number of hydrogen-bond donors (Lipinski definition) is 3. The number of anilines is 1. The standard InChI is InChI=1S/C16H25N3O2/c1-4-6-7-12-8-10-13(11-9-12)18-15(20)16(3,5-2)14(17)19-21/h8-11,21H,4-7H2,1-3H3,(H2,17,19)(H,18,20). The van der Waals surface area contributed by atoms with Crippen molar-refractivity contribution in [3.05, 3.63) is 29.8 Å². The van der Waals surface area contributed by atoms with Crippen LogP contribution in [-0.4, -0.2) is 17.0 Å². The highest BCUT2D eigenvalue weighted by molar-refractivity contribution is 6.11. The maximum Gasteiger partial charge on any atom is 0.238 e. The molecule has 0 aliphatic heterocycles. The second kappa shape index (κ2) is 7.67. The van der Waals surface area contributed by atoms with Crippen molar-refractivity contribution in [3.8, 4) is 0 Å². The molecule has 0 saturated heterocycles. The summed E-state index contributed by atoms with van der Waals surface area (Å²) in [5.74, 6) is -0.358. The average Bonchev–Trinajstić information content (AvgIpc) is 2.52. The topological polar surface area (TPSA) is 87.7 Å². The van der Waals surface area contributed by atoms with Crippen LogP contribution >= 0.6 is 0 Å². The van der Waals surface area contributed by atoms with Crippen LogP contribution in [0.25, 0.3) is 0 Å². The lowest BCUT2D eigenvalue weighted by Crippen LogP contribution is -2.44. The molecule has 0 aliphatic carbocycles. The van der Waals surface area contributed by atoms with Gasteiger partial charge in [0, 0.05) is 5.69 Å². The van der Waals surface area contributed by atoms with Crippen LogP contribution in [0.5, 0.6) is 0 Å². The number of nitrogens with one attached hydrogen (secondary N) is 1. The minimum Gasteiger partial charge on any atom is -0.409 e. The van der Waals surface area contributed by atoms with Gasteiger partial charge in [-0.05, 0) is 43.9 Å². The van der Waals surface area contributed by atoms with Gasteiger partial charge in [0.2, 0.25) is 5.91 Å². The maximum absolute atomic E-state index is 12.3. The predicted octanol–water partition coefficient (Wildman–Crippen LogP) is 3.13. The summed E-state index contributed by atoms with van der Waals surface area (Å²) in [6.07, 6.45) is 3.81. The summed E-state index contributed by atoms with van der Waals surface area (Å²) >= 11 is 0. The second-order valence-electron chi connectivity index (χ2n) is 5.43. The minimum atomic E-state index is -1.02. The van der Waals surface area contributed by atoms with Gasteiger partial charge in [0.1, 0.15) is 5.41 Å². The van der Waals surface area contributed by atoms with Crippen LogP contribution in [-0.2, 0) is 11.2 Å². The molecule has 0 saturated carbocycles. The molecular formula is C16H25N3O2. The van der Waals surface area contributed by atoms with Gasteiger partial charge in [-0.1, -0.05) is 37.6 Å². The Morgan fingerprint density at radius 1 is 1.33 bits per heavy atom. The van der Waals surface area contributed by atoms with E-state index in [2.05, 4.69) is 17.4 Å². The Labute approximate surface area is 126 Å². The largest absolute Gasteiger partial charge is 0.409 e. The average molecular weight is 291 g/mol. The number of nitrogens with two attached hydrogens (primary N) is 1. The van der Waals surface area contributed by atoms with E-state index in [-0.39, 0.29) is 11.7 Å². The van der Waals surface area contributed by atoms with E-state index in [1.165, 1.54) is 5.56 Å². The smallest absolute Gasteiger partial charge is 0.238 e. The lowest BCUT2D eigenvalue weighted by molar-refractivity contribution is -0.121. The number of hydrogen-bond acceptors (Lipinski definition) is 3. The first-order valence-corrected chi connectivity index (χ1v) is 7.36. The fourth-order valence-corrected chi connectivity index (χ4v) is 1.97. The lowest BCUT2D eigenvalue weighted by atomic mass is 9.85. The molecule has 0 bridgehead atoms. The van der Waals surface area contributed by atoms with Gasteiger partial charge in [0.05, 0.1) is 0 Å². The predicted molar refractivity (Wildman–Crippen MR) is 85.5 cm³/mol. The molecule has 1 amide bonds. The fourth-order valence-electron chi connectivity index (χ4n) is 1.97. The zero-order valence-electron chi connectivity index (χ0n) is 13.0. The Morgan fingerprint density at radius 3 is 2.43 bits per heavy atom. The summed E-state index contributed by atoms with van der Waals surface area (Å²) in [7, 11) is 0. The number of oxime groups is 1. The van der Waals surface area contributed by atoms with Gasteiger partial charge in [-0.15, -0.1) is 0 Å². The molecule has 0 aliphatic rings. The second-order valence-corrected chi connectivity index (χ2v) is 5.43. The number of aryl methyl sites for hydroxylation is 1. The van der Waals surface area contributed by atoms with Crippen LogP contribution in [0.15, 0.2) is 29.4 Å². The lowest BCUT2D eigenvalue weighted by Gasteiger charge is -2.25. The van der Waals surface area contributed by atoms with Gasteiger partial charge < -0.3 is 16.3 Å². The van der Waals surface area contributed by atoms with Crippen LogP contribution in [0.2, 0.25) is 0 Å². The Hall–Kier alpha value is -2.04. The molecule has 0 spiro atoms. The molecule has 1 aromatic rings. The molecule has 1 unspecified atom stereocenters. The molecule has 0 radical (unpaired) electrons. The summed E-state index contributed by atoms with van der Waals surface area (Å²) in [5.41, 5.74) is 6.58. The molecule has 5 heteroatoms. The van der Waals surface area contributed by atoms with E-state index in [1.54, 1.807) is 6.92 Å². The number of carbonyl (C=O) groups excluding carboxylic acids is 1. The maximum atomic E-state index is 12.3. The zero-order chi connectivity index (χ0) is 15.9. The third-order valence-electron chi connectivity index (χ3n) is 3.91. The number of nitrogens with zero attached hydrogens (tertiary/aromatic N) is 1. The quantitative estimate of drug-likeness (QED) is 0.312. The van der Waals surface area contributed by atoms with Gasteiger partial charge in [0.15, 0.2) is 5.84 Å². The molecular weight excluding hydrogens is 266 g/mol. The van der Waals surface area contributed by atoms with Crippen LogP contribution in [0.3, 0.4) is 0 Å². The van der Waals surface area contributed by atoms with Crippen molar-refractivity contribution in [2.24, 2.45) is 16.3 Å². The van der Waals surface area contributed by atoms with E-state index in [9.17, 15) is 4.79 Å². The third kappa shape index (κ3) is 4.21. The van der Waals surface area contributed by atoms with E-state index in [4.69, 9.17) is 10.9 Å². The molecule has 4 N–H and O–H groups in total. The number of rotatable bonds is 7. The van der Waals surface area contributed by atoms with Crippen molar-refractivity contribution in [1.29, 1.82) is 0 Å². The SMILES string of the molecule is CCCCc1ccc(NC(=O)C(C)(CC)/C(N)=N/O)cc1. The van der Waals surface area contributed by atoms with E-state index in [0.29, 0.717) is 12.1 Å². The van der Waals surface area contributed by atoms with E-state index in [0.717, 1.165) is 19.3 Å². The highest BCUT2D eigenvalue weighted by Crippen LogP contribution is 2.24. The zero-order valence-corrected chi connectivity index (χ0v) is 13.0. The first-order valence-electron chi connectivity index (χ1n) is 7.36. The van der Waals surface area contributed by atoms with Crippen LogP contribution in [0.1, 0.15) is 45.6 Å². The molecule has 1 rings (SSSR count). The molecule has 0 fully saturated rings. The summed E-state index contributed by atoms with van der Waals surface area (Å²) in [6.45, 7) is 5.64. The van der Waals surface area contributed by atoms with Crippen molar-refractivity contribution in [3.63, 3.8) is 0 Å². The van der Waals surface area contributed by atoms with Gasteiger partial charge >= 0.3 is 0 Å². The van der Waals surface area contributed by atoms with Crippen LogP contribution in [0.4, 0.5) is 5.69 Å². The van der Waals surface area contributed by atoms with Crippen molar-refractivity contribution in [2.45, 2.75) is 46.5 Å². The fraction of sp³-hybridized carbons (Fsp3) is 0.500. The van der Waals surface area contributed by atoms with Crippen LogP contribution < -0.4 is 11.1 Å². The Morgan fingerprint density at radius 2 is 1.95 bits per heavy atom. The van der Waals surface area contributed by atoms with Gasteiger partial charge in [-0.2, -0.15) is 0 Å². The molecule has 1 atom stereocenters. The van der Waals surface area contributed by atoms with Gasteiger partial charge in [0.25, 0.3) is 0 Å². The summed E-state index contributed by atoms with van der Waals surface area (Å²) in [5, 5.41) is 14.6. The highest BCUT2D eigenvalue weighted by Gasteiger charge is 2.36. The van der Waals surface area contributed by atoms with Gasteiger partial charge in [-0.25, -0.2) is 0 Å². The monoisotopic (exact) mass is 291 g/mol. The number of amides is 1. The minimum absolute atomic E-state index is 0.0814. The number of carbonyl (C=O) groups is 1. The van der Waals surface area contributed by atoms with E-state index < -0.39 is 5.41 Å². The first-order chi connectivity index (χ1) is 9.97. The molecule has 5 nitrogen and oxygen atoms in total. The normalized spacial score (nSPS) is 14.5. The molecule has 116 valence electrons. The molecule has 1 aromatic carbocycles. The van der Waals surface area contributed by atoms with Gasteiger partial charge in [-0.3, -0.25) is 4.79 Å².